The lowest BCUT2D eigenvalue weighted by Crippen LogP contribution is -2.31. The fourth-order valence-electron chi connectivity index (χ4n) is 3.06. The van der Waals surface area contributed by atoms with Gasteiger partial charge in [-0.15, -0.1) is 0 Å². The smallest absolute Gasteiger partial charge is 0.325 e. The second-order valence-corrected chi connectivity index (χ2v) is 6.87. The molecule has 0 unspecified atom stereocenters. The largest absolute Gasteiger partial charge is 0.468 e. The third-order valence-corrected chi connectivity index (χ3v) is 4.62. The summed E-state index contributed by atoms with van der Waals surface area (Å²) in [6, 6.07) is 13.9. The molecule has 31 heavy (non-hydrogen) atoms. The number of carbonyl (C=O) groups is 3. The van der Waals surface area contributed by atoms with Crippen LogP contribution in [0.4, 0.5) is 5.69 Å². The number of benzene rings is 2. The number of rotatable bonds is 7. The van der Waals surface area contributed by atoms with Gasteiger partial charge in [0.15, 0.2) is 0 Å². The van der Waals surface area contributed by atoms with Crippen LogP contribution in [-0.4, -0.2) is 41.2 Å². The first kappa shape index (κ1) is 21.7. The minimum absolute atomic E-state index is 0.00627. The Labute approximate surface area is 178 Å². The van der Waals surface area contributed by atoms with Gasteiger partial charge in [0.05, 0.1) is 31.0 Å². The van der Waals surface area contributed by atoms with Crippen molar-refractivity contribution in [1.29, 1.82) is 0 Å². The molecular formula is C22H22N4O5. The van der Waals surface area contributed by atoms with Crippen LogP contribution in [0.3, 0.4) is 0 Å². The highest BCUT2D eigenvalue weighted by molar-refractivity contribution is 5.95. The zero-order chi connectivity index (χ0) is 22.4. The van der Waals surface area contributed by atoms with E-state index in [1.54, 1.807) is 55.6 Å². The summed E-state index contributed by atoms with van der Waals surface area (Å²) < 4.78 is 5.69. The number of fused-ring (bicyclic) bond motifs is 1. The maximum absolute atomic E-state index is 12.5. The van der Waals surface area contributed by atoms with Crippen molar-refractivity contribution in [3.63, 3.8) is 0 Å². The Kier molecular flexibility index (Phi) is 6.76. The third kappa shape index (κ3) is 5.53. The van der Waals surface area contributed by atoms with Gasteiger partial charge in [-0.1, -0.05) is 30.3 Å². The van der Waals surface area contributed by atoms with Crippen molar-refractivity contribution in [3.05, 3.63) is 70.1 Å². The van der Waals surface area contributed by atoms with Gasteiger partial charge in [-0.3, -0.25) is 19.2 Å². The number of esters is 1. The number of anilines is 1. The molecule has 9 heteroatoms. The topological polar surface area (TPSA) is 119 Å². The molecule has 0 radical (unpaired) electrons. The fraction of sp³-hybridized carbons (Fsp3) is 0.227. The van der Waals surface area contributed by atoms with Gasteiger partial charge in [0.2, 0.25) is 11.8 Å². The van der Waals surface area contributed by atoms with Crippen molar-refractivity contribution in [1.82, 2.24) is 15.1 Å². The van der Waals surface area contributed by atoms with E-state index in [1.807, 2.05) is 0 Å². The molecule has 2 amide bonds. The number of hydrogen-bond acceptors (Lipinski definition) is 6. The standard InChI is InChI=1S/C22H22N4O5/c1-26-22(30)17-6-4-3-5-16(17)18(25-26)12-20(28)24-15-9-7-14(8-10-15)11-19(27)23-13-21(29)31-2/h3-10H,11-13H2,1-2H3,(H,23,27)(H,24,28). The highest BCUT2D eigenvalue weighted by Gasteiger charge is 2.13. The molecule has 0 saturated heterocycles. The normalized spacial score (nSPS) is 10.5. The molecule has 0 saturated carbocycles. The summed E-state index contributed by atoms with van der Waals surface area (Å²) in [5, 5.41) is 10.6. The first-order valence-corrected chi connectivity index (χ1v) is 9.54. The van der Waals surface area contributed by atoms with Crippen LogP contribution in [0.5, 0.6) is 0 Å². The van der Waals surface area contributed by atoms with E-state index in [9.17, 15) is 19.2 Å². The molecular weight excluding hydrogens is 400 g/mol. The van der Waals surface area contributed by atoms with Gasteiger partial charge in [-0.05, 0) is 23.8 Å². The minimum Gasteiger partial charge on any atom is -0.468 e. The van der Waals surface area contributed by atoms with Gasteiger partial charge in [0, 0.05) is 18.1 Å². The quantitative estimate of drug-likeness (QED) is 0.547. The van der Waals surface area contributed by atoms with E-state index in [-0.39, 0.29) is 36.8 Å². The molecule has 0 aliphatic carbocycles. The Morgan fingerprint density at radius 1 is 0.968 bits per heavy atom. The summed E-state index contributed by atoms with van der Waals surface area (Å²) in [6.45, 7) is -0.183. The van der Waals surface area contributed by atoms with Crippen LogP contribution in [0.15, 0.2) is 53.3 Å². The summed E-state index contributed by atoms with van der Waals surface area (Å²) in [5.74, 6) is -1.11. The van der Waals surface area contributed by atoms with E-state index >= 15 is 0 Å². The van der Waals surface area contributed by atoms with Crippen LogP contribution in [-0.2, 0) is 39.0 Å². The highest BCUT2D eigenvalue weighted by atomic mass is 16.5. The second kappa shape index (κ2) is 9.66. The molecule has 0 atom stereocenters. The first-order valence-electron chi connectivity index (χ1n) is 9.54. The number of ether oxygens (including phenoxy) is 1. The van der Waals surface area contributed by atoms with Crippen molar-refractivity contribution >= 4 is 34.2 Å². The van der Waals surface area contributed by atoms with Gasteiger partial charge in [0.1, 0.15) is 6.54 Å². The molecule has 9 nitrogen and oxygen atoms in total. The van der Waals surface area contributed by atoms with Crippen molar-refractivity contribution < 1.29 is 19.1 Å². The van der Waals surface area contributed by atoms with Gasteiger partial charge < -0.3 is 15.4 Å². The lowest BCUT2D eigenvalue weighted by molar-refractivity contribution is -0.141. The third-order valence-electron chi connectivity index (χ3n) is 4.62. The van der Waals surface area contributed by atoms with E-state index in [4.69, 9.17) is 0 Å². The van der Waals surface area contributed by atoms with Gasteiger partial charge in [-0.25, -0.2) is 4.68 Å². The number of methoxy groups -OCH3 is 1. The van der Waals surface area contributed by atoms with E-state index in [1.165, 1.54) is 11.8 Å². The van der Waals surface area contributed by atoms with E-state index < -0.39 is 5.97 Å². The van der Waals surface area contributed by atoms with Crippen molar-refractivity contribution in [2.45, 2.75) is 12.8 Å². The number of hydrogen-bond donors (Lipinski definition) is 2. The van der Waals surface area contributed by atoms with Crippen LogP contribution < -0.4 is 16.2 Å². The van der Waals surface area contributed by atoms with Gasteiger partial charge in [0.25, 0.3) is 5.56 Å². The molecule has 3 aromatic rings. The second-order valence-electron chi connectivity index (χ2n) is 6.87. The molecule has 1 aromatic heterocycles. The van der Waals surface area contributed by atoms with Gasteiger partial charge >= 0.3 is 5.97 Å². The molecule has 3 rings (SSSR count). The van der Waals surface area contributed by atoms with Crippen LogP contribution in [0.25, 0.3) is 10.8 Å². The molecule has 0 aliphatic rings. The van der Waals surface area contributed by atoms with Crippen molar-refractivity contribution in [2.24, 2.45) is 7.05 Å². The van der Waals surface area contributed by atoms with Crippen molar-refractivity contribution in [3.8, 4) is 0 Å². The van der Waals surface area contributed by atoms with Crippen LogP contribution in [0, 0.1) is 0 Å². The molecule has 1 heterocycles. The summed E-state index contributed by atoms with van der Waals surface area (Å²) in [7, 11) is 2.80. The average Bonchev–Trinajstić information content (AvgIpc) is 2.77. The SMILES string of the molecule is COC(=O)CNC(=O)Cc1ccc(NC(=O)Cc2nn(C)c(=O)c3ccccc23)cc1. The van der Waals surface area contributed by atoms with Crippen LogP contribution in [0.1, 0.15) is 11.3 Å². The van der Waals surface area contributed by atoms with Crippen LogP contribution >= 0.6 is 0 Å². The monoisotopic (exact) mass is 422 g/mol. The summed E-state index contributed by atoms with van der Waals surface area (Å²) in [4.78, 5) is 47.6. The minimum atomic E-state index is -0.521. The Balaban J connectivity index is 1.62. The highest BCUT2D eigenvalue weighted by Crippen LogP contribution is 2.15. The predicted molar refractivity (Wildman–Crippen MR) is 114 cm³/mol. The molecule has 2 N–H and O–H groups in total. The molecule has 160 valence electrons. The van der Waals surface area contributed by atoms with Crippen LogP contribution in [0.2, 0.25) is 0 Å². The number of nitrogens with one attached hydrogen (secondary N) is 2. The lowest BCUT2D eigenvalue weighted by Gasteiger charge is -2.09. The number of aromatic nitrogens is 2. The molecule has 0 bridgehead atoms. The molecule has 0 aliphatic heterocycles. The average molecular weight is 422 g/mol. The maximum atomic E-state index is 12.5. The maximum Gasteiger partial charge on any atom is 0.325 e. The lowest BCUT2D eigenvalue weighted by atomic mass is 10.1. The van der Waals surface area contributed by atoms with Crippen molar-refractivity contribution in [2.75, 3.05) is 19.0 Å². The van der Waals surface area contributed by atoms with Gasteiger partial charge in [-0.2, -0.15) is 5.10 Å². The van der Waals surface area contributed by atoms with E-state index in [0.29, 0.717) is 22.2 Å². The zero-order valence-corrected chi connectivity index (χ0v) is 17.2. The molecule has 0 fully saturated rings. The Morgan fingerprint density at radius 2 is 1.65 bits per heavy atom. The Morgan fingerprint density at radius 3 is 2.32 bits per heavy atom. The number of amides is 2. The summed E-state index contributed by atoms with van der Waals surface area (Å²) in [5.41, 5.74) is 1.59. The number of aryl methyl sites for hydroxylation is 1. The first-order chi connectivity index (χ1) is 14.9. The number of carbonyl (C=O) groups excluding carboxylic acids is 3. The molecule has 2 aromatic carbocycles. The number of nitrogens with zero attached hydrogens (tertiary/aromatic N) is 2. The summed E-state index contributed by atoms with van der Waals surface area (Å²) >= 11 is 0. The van der Waals surface area contributed by atoms with E-state index in [0.717, 1.165) is 5.56 Å². The summed E-state index contributed by atoms with van der Waals surface area (Å²) in [6.07, 6.45) is 0.103. The Bertz CT molecular complexity index is 1180. The predicted octanol–water partition coefficient (Wildman–Crippen LogP) is 0.946. The molecule has 0 spiro atoms. The fourth-order valence-corrected chi connectivity index (χ4v) is 3.06. The van der Waals surface area contributed by atoms with E-state index in [2.05, 4.69) is 20.5 Å². The zero-order valence-electron chi connectivity index (χ0n) is 17.2. The Hall–Kier alpha value is -4.01.